The number of likely N-dealkylation sites (tertiary alicyclic amines) is 2. The highest BCUT2D eigenvalue weighted by molar-refractivity contribution is 6.09. The largest absolute Gasteiger partial charge is 0.378 e. The van der Waals surface area contributed by atoms with Gasteiger partial charge in [-0.25, -0.2) is 9.97 Å². The highest BCUT2D eigenvalue weighted by Crippen LogP contribution is 2.53. The SMILES string of the molecule is CNC(=O)c1cc(Nc2nc(-c3ccc4c(c3)N([C@H]3C[C@@H](N5CCCCC5)C3)C(=O)C43CCN(C(O)C4CCC4)CC3)cc3ncn(C4CC4)c23)ccc1C. The fourth-order valence-corrected chi connectivity index (χ4v) is 10.3. The van der Waals surface area contributed by atoms with Gasteiger partial charge in [-0.05, 0) is 126 Å². The Labute approximate surface area is 323 Å². The monoisotopic (exact) mass is 742 g/mol. The van der Waals surface area contributed by atoms with Gasteiger partial charge < -0.3 is 30.1 Å². The number of hydrogen-bond donors (Lipinski definition) is 3. The predicted octanol–water partition coefficient (Wildman–Crippen LogP) is 6.66. The van der Waals surface area contributed by atoms with E-state index in [1.165, 1.54) is 38.8 Å². The highest BCUT2D eigenvalue weighted by Gasteiger charge is 2.56. The summed E-state index contributed by atoms with van der Waals surface area (Å²) in [5, 5.41) is 17.5. The highest BCUT2D eigenvalue weighted by atomic mass is 16.3. The van der Waals surface area contributed by atoms with Crippen LogP contribution in [0.5, 0.6) is 0 Å². The van der Waals surface area contributed by atoms with E-state index in [-0.39, 0.29) is 17.9 Å². The number of anilines is 3. The molecule has 2 saturated heterocycles. The molecule has 3 aliphatic carbocycles. The summed E-state index contributed by atoms with van der Waals surface area (Å²) in [7, 11) is 1.65. The molecule has 5 heterocycles. The number of hydrogen-bond acceptors (Lipinski definition) is 8. The van der Waals surface area contributed by atoms with Crippen LogP contribution in [-0.2, 0) is 10.2 Å². The molecule has 2 aromatic carbocycles. The second kappa shape index (κ2) is 13.7. The summed E-state index contributed by atoms with van der Waals surface area (Å²) < 4.78 is 2.23. The number of nitrogens with zero attached hydrogens (tertiary/aromatic N) is 6. The van der Waals surface area contributed by atoms with Crippen molar-refractivity contribution < 1.29 is 14.7 Å². The van der Waals surface area contributed by atoms with Crippen molar-refractivity contribution in [2.75, 3.05) is 43.4 Å². The van der Waals surface area contributed by atoms with Crippen LogP contribution in [-0.4, -0.2) is 92.8 Å². The number of aliphatic hydroxyl groups excluding tert-OH is 1. The Balaban J connectivity index is 1.01. The van der Waals surface area contributed by atoms with Crippen LogP contribution in [0.1, 0.15) is 105 Å². The molecule has 288 valence electrons. The van der Waals surface area contributed by atoms with Gasteiger partial charge in [-0.15, -0.1) is 0 Å². The number of pyridine rings is 1. The van der Waals surface area contributed by atoms with Crippen molar-refractivity contribution in [3.8, 4) is 11.3 Å². The van der Waals surface area contributed by atoms with Crippen molar-refractivity contribution in [3.63, 3.8) is 0 Å². The maximum Gasteiger partial charge on any atom is 0.251 e. The number of amides is 2. The Morgan fingerprint density at radius 2 is 1.69 bits per heavy atom. The standard InChI is InChI=1S/C44H54N8O3/c1-27-9-11-30(22-34(27)41(53)45-2)47-40-39-37(46-26-51(39)31-12-13-31)25-36(48-40)29-10-14-35-38(21-29)52(33-23-32(24-33)49-17-4-3-5-18-49)43(55)44(35)15-19-50(20-16-44)42(54)28-7-6-8-28/h9-11,14,21-22,25-26,28,31-33,42,54H,3-8,12-13,15-20,23-24H2,1-2H3,(H,45,53)(H,47,48)/t32-,33+,42?. The molecular weight excluding hydrogens is 689 g/mol. The van der Waals surface area contributed by atoms with E-state index in [0.717, 1.165) is 109 Å². The van der Waals surface area contributed by atoms with Crippen molar-refractivity contribution in [2.24, 2.45) is 5.92 Å². The number of aliphatic hydroxyl groups is 1. The summed E-state index contributed by atoms with van der Waals surface area (Å²) in [4.78, 5) is 44.9. The summed E-state index contributed by atoms with van der Waals surface area (Å²) in [6.45, 7) is 5.75. The molecule has 10 rings (SSSR count). The molecular formula is C44H54N8O3. The number of fused-ring (bicyclic) bond motifs is 3. The number of aryl methyl sites for hydroxylation is 1. The summed E-state index contributed by atoms with van der Waals surface area (Å²) in [5.41, 5.74) is 7.49. The molecule has 11 nitrogen and oxygen atoms in total. The van der Waals surface area contributed by atoms with Crippen LogP contribution in [0.15, 0.2) is 48.8 Å². The van der Waals surface area contributed by atoms with Gasteiger partial charge in [0.25, 0.3) is 5.91 Å². The average molecular weight is 743 g/mol. The summed E-state index contributed by atoms with van der Waals surface area (Å²) in [6.07, 6.45) is 14.5. The van der Waals surface area contributed by atoms with Crippen molar-refractivity contribution in [2.45, 2.75) is 114 Å². The lowest BCUT2D eigenvalue weighted by Gasteiger charge is -2.48. The molecule has 1 atom stereocenters. The topological polar surface area (TPSA) is 119 Å². The molecule has 2 aromatic heterocycles. The van der Waals surface area contributed by atoms with Gasteiger partial charge in [0.05, 0.1) is 23.0 Å². The molecule has 1 spiro atoms. The number of nitrogens with one attached hydrogen (secondary N) is 2. The van der Waals surface area contributed by atoms with E-state index in [4.69, 9.17) is 9.97 Å². The average Bonchev–Trinajstić information content (AvgIpc) is 3.88. The second-order valence-electron chi connectivity index (χ2n) is 17.3. The van der Waals surface area contributed by atoms with Crippen molar-refractivity contribution in [1.29, 1.82) is 0 Å². The zero-order valence-electron chi connectivity index (χ0n) is 32.3. The number of carbonyl (C=O) groups excluding carboxylic acids is 2. The van der Waals surface area contributed by atoms with Gasteiger partial charge in [-0.2, -0.15) is 0 Å². The van der Waals surface area contributed by atoms with E-state index in [0.29, 0.717) is 29.4 Å². The number of piperidine rings is 2. The first-order valence-electron chi connectivity index (χ1n) is 20.9. The third kappa shape index (κ3) is 5.96. The summed E-state index contributed by atoms with van der Waals surface area (Å²) >= 11 is 0. The Bertz CT molecular complexity index is 2140. The third-order valence-electron chi connectivity index (χ3n) is 14.1. The first-order valence-corrected chi connectivity index (χ1v) is 20.9. The Morgan fingerprint density at radius 3 is 2.40 bits per heavy atom. The fourth-order valence-electron chi connectivity index (χ4n) is 10.3. The maximum atomic E-state index is 15.0. The molecule has 3 N–H and O–H groups in total. The van der Waals surface area contributed by atoms with Crippen molar-refractivity contribution in [1.82, 2.24) is 29.7 Å². The molecule has 0 radical (unpaired) electrons. The molecule has 0 bridgehead atoms. The van der Waals surface area contributed by atoms with E-state index in [1.54, 1.807) is 7.05 Å². The first-order chi connectivity index (χ1) is 26.8. The maximum absolute atomic E-state index is 15.0. The summed E-state index contributed by atoms with van der Waals surface area (Å²) in [6, 6.07) is 15.6. The molecule has 5 fully saturated rings. The molecule has 11 heteroatoms. The first kappa shape index (κ1) is 35.1. The van der Waals surface area contributed by atoms with Gasteiger partial charge >= 0.3 is 0 Å². The van der Waals surface area contributed by atoms with E-state index in [9.17, 15) is 14.7 Å². The van der Waals surface area contributed by atoms with Crippen molar-refractivity contribution in [3.05, 3.63) is 65.5 Å². The smallest absolute Gasteiger partial charge is 0.251 e. The molecule has 55 heavy (non-hydrogen) atoms. The van der Waals surface area contributed by atoms with E-state index < -0.39 is 11.6 Å². The Hall–Kier alpha value is -4.32. The van der Waals surface area contributed by atoms with E-state index in [1.807, 2.05) is 31.5 Å². The van der Waals surface area contributed by atoms with E-state index in [2.05, 4.69) is 54.2 Å². The van der Waals surface area contributed by atoms with Crippen LogP contribution in [0, 0.1) is 12.8 Å². The zero-order valence-corrected chi connectivity index (χ0v) is 32.3. The number of aromatic nitrogens is 3. The molecule has 6 aliphatic rings. The van der Waals surface area contributed by atoms with Gasteiger partial charge in [0.15, 0.2) is 5.82 Å². The minimum atomic E-state index is -0.568. The van der Waals surface area contributed by atoms with Crippen LogP contribution < -0.4 is 15.5 Å². The minimum Gasteiger partial charge on any atom is -0.378 e. The van der Waals surface area contributed by atoms with Gasteiger partial charge in [0.1, 0.15) is 11.7 Å². The normalized spacial score (nSPS) is 24.8. The minimum absolute atomic E-state index is 0.125. The Morgan fingerprint density at radius 1 is 0.909 bits per heavy atom. The summed E-state index contributed by atoms with van der Waals surface area (Å²) in [5.74, 6) is 1.19. The zero-order chi connectivity index (χ0) is 37.4. The van der Waals surface area contributed by atoms with Gasteiger partial charge in [-0.1, -0.05) is 31.0 Å². The molecule has 2 amide bonds. The van der Waals surface area contributed by atoms with Crippen LogP contribution in [0.25, 0.3) is 22.3 Å². The second-order valence-corrected chi connectivity index (χ2v) is 17.3. The number of benzene rings is 2. The van der Waals surface area contributed by atoms with Gasteiger partial charge in [0, 0.05) is 60.8 Å². The number of carbonyl (C=O) groups is 2. The van der Waals surface area contributed by atoms with E-state index >= 15 is 0 Å². The quantitative estimate of drug-likeness (QED) is 0.174. The lowest BCUT2D eigenvalue weighted by Crippen LogP contribution is -2.59. The van der Waals surface area contributed by atoms with Crippen LogP contribution in [0.2, 0.25) is 0 Å². The number of imidazole rings is 1. The lowest BCUT2D eigenvalue weighted by atomic mass is 9.72. The Kier molecular flexibility index (Phi) is 8.75. The van der Waals surface area contributed by atoms with Crippen LogP contribution in [0.4, 0.5) is 17.2 Å². The van der Waals surface area contributed by atoms with Crippen LogP contribution >= 0.6 is 0 Å². The lowest BCUT2D eigenvalue weighted by molar-refractivity contribution is -0.129. The van der Waals surface area contributed by atoms with Gasteiger partial charge in [0.2, 0.25) is 5.91 Å². The third-order valence-corrected chi connectivity index (χ3v) is 14.1. The number of rotatable bonds is 9. The molecule has 1 unspecified atom stereocenters. The fraction of sp³-hybridized carbons (Fsp3) is 0.545. The van der Waals surface area contributed by atoms with Crippen molar-refractivity contribution >= 4 is 40.0 Å². The predicted molar refractivity (Wildman–Crippen MR) is 215 cm³/mol. The van der Waals surface area contributed by atoms with Gasteiger partial charge in [-0.3, -0.25) is 14.5 Å². The molecule has 4 aromatic rings. The molecule has 3 aliphatic heterocycles. The van der Waals surface area contributed by atoms with Crippen LogP contribution in [0.3, 0.4) is 0 Å². The molecule has 3 saturated carbocycles.